The van der Waals surface area contributed by atoms with Crippen LogP contribution in [0.2, 0.25) is 5.15 Å². The zero-order valence-corrected chi connectivity index (χ0v) is 9.28. The standard InChI is InChI=1S/C4H3ClN4O3.Na/c5-2-1(9(11)12)3(10)8-4(6)7-2;/h(H3,6,7,8,10);/q;+1/p-1. The van der Waals surface area contributed by atoms with Gasteiger partial charge in [0, 0.05) is 0 Å². The number of nitrogens with two attached hydrogens (primary N) is 1. The fraction of sp³-hybridized carbons (Fsp3) is 0. The minimum absolute atomic E-state index is 0. The number of anilines is 1. The fourth-order valence-electron chi connectivity index (χ4n) is 0.577. The number of hydrogen-bond donors (Lipinski definition) is 1. The quantitative estimate of drug-likeness (QED) is 0.225. The molecule has 2 N–H and O–H groups in total. The molecule has 0 fully saturated rings. The van der Waals surface area contributed by atoms with Crippen LogP contribution in [-0.2, 0) is 0 Å². The number of nitrogens with zero attached hydrogens (tertiary/aromatic N) is 3. The Morgan fingerprint density at radius 3 is 2.38 bits per heavy atom. The molecule has 0 aromatic carbocycles. The molecule has 9 heteroatoms. The molecular formula is C4H2ClN4NaO3. The van der Waals surface area contributed by atoms with Crippen molar-refractivity contribution >= 4 is 23.2 Å². The maximum Gasteiger partial charge on any atom is 1.00 e. The van der Waals surface area contributed by atoms with Crippen LogP contribution in [0.4, 0.5) is 11.6 Å². The predicted octanol–water partition coefficient (Wildman–Crippen LogP) is -3.30. The molecular weight excluding hydrogens is 211 g/mol. The van der Waals surface area contributed by atoms with Gasteiger partial charge in [0.1, 0.15) is 0 Å². The van der Waals surface area contributed by atoms with Crippen molar-refractivity contribution in [1.82, 2.24) is 9.97 Å². The second kappa shape index (κ2) is 4.56. The zero-order valence-electron chi connectivity index (χ0n) is 6.52. The van der Waals surface area contributed by atoms with Crippen molar-refractivity contribution in [3.05, 3.63) is 15.3 Å². The molecule has 0 amide bonds. The molecule has 0 saturated carbocycles. The minimum Gasteiger partial charge on any atom is -0.854 e. The molecule has 0 aliphatic carbocycles. The Labute approximate surface area is 99.4 Å². The third kappa shape index (κ3) is 2.66. The topological polar surface area (TPSA) is 118 Å². The van der Waals surface area contributed by atoms with E-state index in [9.17, 15) is 15.2 Å². The van der Waals surface area contributed by atoms with Gasteiger partial charge in [0.15, 0.2) is 0 Å². The van der Waals surface area contributed by atoms with E-state index in [0.29, 0.717) is 0 Å². The first-order chi connectivity index (χ1) is 5.52. The van der Waals surface area contributed by atoms with Crippen molar-refractivity contribution in [2.45, 2.75) is 0 Å². The van der Waals surface area contributed by atoms with Gasteiger partial charge >= 0.3 is 35.2 Å². The van der Waals surface area contributed by atoms with Crippen molar-refractivity contribution in [1.29, 1.82) is 0 Å². The molecule has 0 aliphatic rings. The summed E-state index contributed by atoms with van der Waals surface area (Å²) in [6.07, 6.45) is 0. The smallest absolute Gasteiger partial charge is 0.854 e. The van der Waals surface area contributed by atoms with E-state index in [0.717, 1.165) is 0 Å². The summed E-state index contributed by atoms with van der Waals surface area (Å²) in [5.41, 5.74) is 4.14. The Hall–Kier alpha value is -0.630. The number of nitrogen functional groups attached to an aromatic ring is 1. The molecule has 13 heavy (non-hydrogen) atoms. The summed E-state index contributed by atoms with van der Waals surface area (Å²) >= 11 is 5.26. The molecule has 1 heterocycles. The van der Waals surface area contributed by atoms with E-state index < -0.39 is 21.6 Å². The Bertz CT molecular complexity index is 323. The first-order valence-corrected chi connectivity index (χ1v) is 3.04. The first-order valence-electron chi connectivity index (χ1n) is 2.66. The average Bonchev–Trinajstić information content (AvgIpc) is 1.82. The van der Waals surface area contributed by atoms with Crippen LogP contribution in [-0.4, -0.2) is 14.9 Å². The minimum atomic E-state index is -1.09. The van der Waals surface area contributed by atoms with Gasteiger partial charge in [-0.25, -0.2) is 4.98 Å². The van der Waals surface area contributed by atoms with Crippen LogP contribution in [0, 0.1) is 10.1 Å². The van der Waals surface area contributed by atoms with Crippen molar-refractivity contribution in [2.75, 3.05) is 5.73 Å². The second-order valence-electron chi connectivity index (χ2n) is 1.78. The van der Waals surface area contributed by atoms with Gasteiger partial charge in [0.25, 0.3) is 0 Å². The van der Waals surface area contributed by atoms with E-state index in [4.69, 9.17) is 17.3 Å². The summed E-state index contributed by atoms with van der Waals surface area (Å²) < 4.78 is 0. The Morgan fingerprint density at radius 2 is 2.00 bits per heavy atom. The van der Waals surface area contributed by atoms with E-state index in [2.05, 4.69) is 9.97 Å². The molecule has 1 aromatic rings. The van der Waals surface area contributed by atoms with Gasteiger partial charge in [-0.1, -0.05) is 11.6 Å². The fourth-order valence-corrected chi connectivity index (χ4v) is 0.814. The van der Waals surface area contributed by atoms with Gasteiger partial charge in [-0.15, -0.1) is 0 Å². The summed E-state index contributed by atoms with van der Waals surface area (Å²) in [6, 6.07) is 0. The largest absolute Gasteiger partial charge is 1.00 e. The van der Waals surface area contributed by atoms with Gasteiger partial charge in [0.05, 0.1) is 10.8 Å². The number of halogens is 1. The third-order valence-electron chi connectivity index (χ3n) is 1.01. The summed E-state index contributed by atoms with van der Waals surface area (Å²) in [5.74, 6) is -1.46. The predicted molar refractivity (Wildman–Crippen MR) is 37.6 cm³/mol. The van der Waals surface area contributed by atoms with Crippen LogP contribution in [0.25, 0.3) is 0 Å². The zero-order chi connectivity index (χ0) is 9.30. The molecule has 64 valence electrons. The summed E-state index contributed by atoms with van der Waals surface area (Å²) in [4.78, 5) is 15.5. The Morgan fingerprint density at radius 1 is 1.46 bits per heavy atom. The molecule has 0 atom stereocenters. The average molecular weight is 213 g/mol. The normalized spacial score (nSPS) is 9.00. The molecule has 0 aliphatic heterocycles. The SMILES string of the molecule is Nc1nc([O-])c([N+](=O)[O-])c(Cl)n1.[Na+]. The molecule has 1 rings (SSSR count). The summed E-state index contributed by atoms with van der Waals surface area (Å²) in [7, 11) is 0. The van der Waals surface area contributed by atoms with E-state index >= 15 is 0 Å². The Kier molecular flexibility index (Phi) is 4.34. The van der Waals surface area contributed by atoms with Crippen LogP contribution in [0.1, 0.15) is 0 Å². The van der Waals surface area contributed by atoms with Crippen LogP contribution in [0.15, 0.2) is 0 Å². The number of hydrogen-bond acceptors (Lipinski definition) is 6. The molecule has 0 radical (unpaired) electrons. The van der Waals surface area contributed by atoms with Crippen LogP contribution in [0.5, 0.6) is 5.88 Å². The first kappa shape index (κ1) is 12.4. The van der Waals surface area contributed by atoms with Gasteiger partial charge in [0.2, 0.25) is 11.1 Å². The van der Waals surface area contributed by atoms with E-state index in [-0.39, 0.29) is 35.5 Å². The molecule has 0 saturated heterocycles. The van der Waals surface area contributed by atoms with Crippen molar-refractivity contribution in [2.24, 2.45) is 0 Å². The second-order valence-corrected chi connectivity index (χ2v) is 2.14. The van der Waals surface area contributed by atoms with Crippen molar-refractivity contribution in [3.8, 4) is 5.88 Å². The Balaban J connectivity index is 0.00000144. The van der Waals surface area contributed by atoms with Crippen LogP contribution in [0.3, 0.4) is 0 Å². The third-order valence-corrected chi connectivity index (χ3v) is 1.27. The molecule has 0 bridgehead atoms. The van der Waals surface area contributed by atoms with E-state index in [1.807, 2.05) is 0 Å². The van der Waals surface area contributed by atoms with Crippen molar-refractivity contribution < 1.29 is 39.6 Å². The monoisotopic (exact) mass is 212 g/mol. The maximum atomic E-state index is 10.7. The number of nitro groups is 1. The van der Waals surface area contributed by atoms with Crippen LogP contribution >= 0.6 is 11.6 Å². The maximum absolute atomic E-state index is 10.7. The summed E-state index contributed by atoms with van der Waals surface area (Å²) in [5, 5.41) is 20.4. The van der Waals surface area contributed by atoms with Gasteiger partial charge in [-0.3, -0.25) is 10.1 Å². The number of rotatable bonds is 1. The van der Waals surface area contributed by atoms with Crippen LogP contribution < -0.4 is 40.4 Å². The van der Waals surface area contributed by atoms with Gasteiger partial charge in [-0.05, 0) is 0 Å². The molecule has 0 spiro atoms. The number of aromatic nitrogens is 2. The molecule has 1 aromatic heterocycles. The van der Waals surface area contributed by atoms with Crippen molar-refractivity contribution in [3.63, 3.8) is 0 Å². The molecule has 7 nitrogen and oxygen atoms in total. The van der Waals surface area contributed by atoms with E-state index in [1.54, 1.807) is 0 Å². The van der Waals surface area contributed by atoms with Gasteiger partial charge in [-0.2, -0.15) is 4.98 Å². The van der Waals surface area contributed by atoms with Gasteiger partial charge < -0.3 is 10.8 Å². The summed E-state index contributed by atoms with van der Waals surface area (Å²) in [6.45, 7) is 0. The molecule has 0 unspecified atom stereocenters. The van der Waals surface area contributed by atoms with E-state index in [1.165, 1.54) is 0 Å².